The van der Waals surface area contributed by atoms with Gasteiger partial charge in [-0.2, -0.15) is 0 Å². The highest BCUT2D eigenvalue weighted by Crippen LogP contribution is 2.45. The van der Waals surface area contributed by atoms with Crippen LogP contribution in [0.25, 0.3) is 0 Å². The van der Waals surface area contributed by atoms with Crippen LogP contribution in [0, 0.1) is 5.41 Å². The van der Waals surface area contributed by atoms with Crippen molar-refractivity contribution in [3.63, 3.8) is 0 Å². The van der Waals surface area contributed by atoms with E-state index in [0.717, 1.165) is 51.0 Å². The molecule has 25 heavy (non-hydrogen) atoms. The number of likely N-dealkylation sites (tertiary alicyclic amines) is 2. The highest BCUT2D eigenvalue weighted by Gasteiger charge is 2.46. The smallest absolute Gasteiger partial charge is 0.236 e. The van der Waals surface area contributed by atoms with E-state index in [-0.39, 0.29) is 23.1 Å². The Morgan fingerprint density at radius 2 is 1.92 bits per heavy atom. The second-order valence-electron chi connectivity index (χ2n) is 7.43. The SMILES string of the molecule is CCN1CC2(CCN(C(=O)CNC)CC2)CC(c2ccccc2)C1=O. The Labute approximate surface area is 150 Å². The number of hydrogen-bond donors (Lipinski definition) is 1. The summed E-state index contributed by atoms with van der Waals surface area (Å²) < 4.78 is 0. The average molecular weight is 343 g/mol. The van der Waals surface area contributed by atoms with Gasteiger partial charge in [-0.1, -0.05) is 30.3 Å². The highest BCUT2D eigenvalue weighted by atomic mass is 16.2. The first-order valence-electron chi connectivity index (χ1n) is 9.35. The first kappa shape index (κ1) is 17.9. The fourth-order valence-electron chi connectivity index (χ4n) is 4.36. The fraction of sp³-hybridized carbons (Fsp3) is 0.600. The molecule has 0 radical (unpaired) electrons. The third-order valence-corrected chi connectivity index (χ3v) is 5.86. The summed E-state index contributed by atoms with van der Waals surface area (Å²) in [5.41, 5.74) is 1.26. The van der Waals surface area contributed by atoms with Crippen molar-refractivity contribution in [3.8, 4) is 0 Å². The molecular formula is C20H29N3O2. The lowest BCUT2D eigenvalue weighted by molar-refractivity contribution is -0.144. The minimum absolute atomic E-state index is 0.0468. The van der Waals surface area contributed by atoms with Gasteiger partial charge in [0.25, 0.3) is 0 Å². The number of hydrogen-bond acceptors (Lipinski definition) is 3. The number of carbonyl (C=O) groups is 2. The summed E-state index contributed by atoms with van der Waals surface area (Å²) in [6.07, 6.45) is 2.87. The van der Waals surface area contributed by atoms with Crippen LogP contribution >= 0.6 is 0 Å². The van der Waals surface area contributed by atoms with E-state index < -0.39 is 0 Å². The summed E-state index contributed by atoms with van der Waals surface area (Å²) in [6.45, 7) is 5.65. The van der Waals surface area contributed by atoms with E-state index in [0.29, 0.717) is 6.54 Å². The second kappa shape index (κ2) is 7.56. The van der Waals surface area contributed by atoms with Gasteiger partial charge in [-0.05, 0) is 44.2 Å². The number of carbonyl (C=O) groups excluding carboxylic acids is 2. The van der Waals surface area contributed by atoms with Crippen molar-refractivity contribution in [3.05, 3.63) is 35.9 Å². The zero-order valence-electron chi connectivity index (χ0n) is 15.3. The molecule has 2 aliphatic rings. The Kier molecular flexibility index (Phi) is 5.42. The topological polar surface area (TPSA) is 52.6 Å². The van der Waals surface area contributed by atoms with Crippen LogP contribution in [0.1, 0.15) is 37.7 Å². The molecule has 2 fully saturated rings. The number of nitrogens with one attached hydrogen (secondary N) is 1. The first-order chi connectivity index (χ1) is 12.1. The summed E-state index contributed by atoms with van der Waals surface area (Å²) in [7, 11) is 1.81. The van der Waals surface area contributed by atoms with E-state index >= 15 is 0 Å². The summed E-state index contributed by atoms with van der Waals surface area (Å²) in [4.78, 5) is 29.0. The molecule has 3 rings (SSSR count). The minimum Gasteiger partial charge on any atom is -0.342 e. The predicted molar refractivity (Wildman–Crippen MR) is 98.2 cm³/mol. The Balaban J connectivity index is 1.76. The maximum atomic E-state index is 12.9. The van der Waals surface area contributed by atoms with Gasteiger partial charge in [0, 0.05) is 26.2 Å². The molecule has 5 heteroatoms. The van der Waals surface area contributed by atoms with Gasteiger partial charge in [0.1, 0.15) is 0 Å². The van der Waals surface area contributed by atoms with Gasteiger partial charge in [0.2, 0.25) is 11.8 Å². The lowest BCUT2D eigenvalue weighted by Crippen LogP contribution is -2.55. The fourth-order valence-corrected chi connectivity index (χ4v) is 4.36. The molecule has 1 N–H and O–H groups in total. The van der Waals surface area contributed by atoms with Crippen molar-refractivity contribution in [2.75, 3.05) is 39.8 Å². The minimum atomic E-state index is -0.0468. The molecule has 2 aliphatic heterocycles. The molecule has 1 atom stereocenters. The molecule has 5 nitrogen and oxygen atoms in total. The van der Waals surface area contributed by atoms with E-state index in [1.54, 1.807) is 7.05 Å². The number of nitrogens with zero attached hydrogens (tertiary/aromatic N) is 2. The number of piperidine rings is 2. The van der Waals surface area contributed by atoms with Crippen molar-refractivity contribution < 1.29 is 9.59 Å². The second-order valence-corrected chi connectivity index (χ2v) is 7.43. The Morgan fingerprint density at radius 1 is 1.24 bits per heavy atom. The van der Waals surface area contributed by atoms with Crippen molar-refractivity contribution in [1.29, 1.82) is 0 Å². The van der Waals surface area contributed by atoms with E-state index in [9.17, 15) is 9.59 Å². The molecule has 2 heterocycles. The lowest BCUT2D eigenvalue weighted by atomic mass is 9.67. The van der Waals surface area contributed by atoms with Gasteiger partial charge in [-0.25, -0.2) is 0 Å². The molecule has 2 saturated heterocycles. The highest BCUT2D eigenvalue weighted by molar-refractivity contribution is 5.85. The van der Waals surface area contributed by atoms with Crippen molar-refractivity contribution in [2.45, 2.75) is 32.1 Å². The molecule has 1 spiro atoms. The maximum Gasteiger partial charge on any atom is 0.236 e. The van der Waals surface area contributed by atoms with Crippen LogP contribution in [0.15, 0.2) is 30.3 Å². The Bertz CT molecular complexity index is 609. The van der Waals surface area contributed by atoms with Crippen LogP contribution in [-0.4, -0.2) is 61.4 Å². The van der Waals surface area contributed by atoms with Gasteiger partial charge >= 0.3 is 0 Å². The number of likely N-dealkylation sites (N-methyl/N-ethyl adjacent to an activating group) is 2. The van der Waals surface area contributed by atoms with Crippen LogP contribution in [0.5, 0.6) is 0 Å². The third kappa shape index (κ3) is 3.71. The average Bonchev–Trinajstić information content (AvgIpc) is 2.65. The molecule has 1 aromatic carbocycles. The number of amides is 2. The van der Waals surface area contributed by atoms with Crippen LogP contribution in [0.4, 0.5) is 0 Å². The van der Waals surface area contributed by atoms with Crippen LogP contribution in [-0.2, 0) is 9.59 Å². The van der Waals surface area contributed by atoms with Crippen molar-refractivity contribution in [2.24, 2.45) is 5.41 Å². The summed E-state index contributed by atoms with van der Waals surface area (Å²) in [5, 5.41) is 2.94. The van der Waals surface area contributed by atoms with Gasteiger partial charge in [-0.15, -0.1) is 0 Å². The molecule has 1 aromatic rings. The molecular weight excluding hydrogens is 314 g/mol. The zero-order valence-corrected chi connectivity index (χ0v) is 15.3. The molecule has 0 saturated carbocycles. The quantitative estimate of drug-likeness (QED) is 0.908. The van der Waals surface area contributed by atoms with Crippen LogP contribution in [0.3, 0.4) is 0 Å². The summed E-state index contributed by atoms with van der Waals surface area (Å²) in [6, 6.07) is 10.2. The number of rotatable bonds is 4. The van der Waals surface area contributed by atoms with E-state index in [1.165, 1.54) is 0 Å². The predicted octanol–water partition coefficient (Wildman–Crippen LogP) is 1.85. The van der Waals surface area contributed by atoms with Gasteiger partial charge in [0.15, 0.2) is 0 Å². The molecule has 2 amide bonds. The van der Waals surface area contributed by atoms with E-state index in [2.05, 4.69) is 24.4 Å². The van der Waals surface area contributed by atoms with Crippen LogP contribution < -0.4 is 5.32 Å². The van der Waals surface area contributed by atoms with Gasteiger partial charge < -0.3 is 15.1 Å². The Hall–Kier alpha value is -1.88. The van der Waals surface area contributed by atoms with Crippen molar-refractivity contribution in [1.82, 2.24) is 15.1 Å². The standard InChI is InChI=1S/C20H29N3O2/c1-3-22-15-20(9-11-23(12-10-20)18(24)14-21-2)13-17(19(22)25)16-7-5-4-6-8-16/h4-8,17,21H,3,9-15H2,1-2H3. The van der Waals surface area contributed by atoms with E-state index in [4.69, 9.17) is 0 Å². The van der Waals surface area contributed by atoms with Crippen molar-refractivity contribution >= 4 is 11.8 Å². The zero-order chi connectivity index (χ0) is 17.9. The monoisotopic (exact) mass is 343 g/mol. The largest absolute Gasteiger partial charge is 0.342 e. The molecule has 136 valence electrons. The maximum absolute atomic E-state index is 12.9. The number of benzene rings is 1. The van der Waals surface area contributed by atoms with Gasteiger partial charge in [-0.3, -0.25) is 9.59 Å². The molecule has 0 aliphatic carbocycles. The molecule has 0 bridgehead atoms. The lowest BCUT2D eigenvalue weighted by Gasteiger charge is -2.49. The molecule has 0 aromatic heterocycles. The first-order valence-corrected chi connectivity index (χ1v) is 9.35. The molecule has 1 unspecified atom stereocenters. The van der Waals surface area contributed by atoms with Crippen LogP contribution in [0.2, 0.25) is 0 Å². The summed E-state index contributed by atoms with van der Waals surface area (Å²) in [5.74, 6) is 0.388. The third-order valence-electron chi connectivity index (χ3n) is 5.86. The van der Waals surface area contributed by atoms with E-state index in [1.807, 2.05) is 28.0 Å². The Morgan fingerprint density at radius 3 is 2.52 bits per heavy atom. The summed E-state index contributed by atoms with van der Waals surface area (Å²) >= 11 is 0. The normalized spacial score (nSPS) is 23.1. The van der Waals surface area contributed by atoms with Gasteiger partial charge in [0.05, 0.1) is 12.5 Å².